The predicted octanol–water partition coefficient (Wildman–Crippen LogP) is 2.21. The van der Waals surface area contributed by atoms with Gasteiger partial charge in [0.05, 0.1) is 12.5 Å². The Morgan fingerprint density at radius 2 is 2.00 bits per heavy atom. The third kappa shape index (κ3) is 5.04. The van der Waals surface area contributed by atoms with Crippen molar-refractivity contribution in [1.82, 2.24) is 15.5 Å². The molecule has 6 heteroatoms. The molecule has 1 aliphatic carbocycles. The van der Waals surface area contributed by atoms with Crippen molar-refractivity contribution in [3.63, 3.8) is 0 Å². The highest BCUT2D eigenvalue weighted by molar-refractivity contribution is 5.88. The molecule has 2 aliphatic rings. The molecule has 142 valence electrons. The lowest BCUT2D eigenvalue weighted by molar-refractivity contribution is -0.138. The first-order valence-corrected chi connectivity index (χ1v) is 9.66. The molecule has 1 aromatic carbocycles. The molecule has 1 unspecified atom stereocenters. The highest BCUT2D eigenvalue weighted by Gasteiger charge is 2.30. The molecule has 0 spiro atoms. The van der Waals surface area contributed by atoms with Gasteiger partial charge in [0.2, 0.25) is 11.8 Å². The summed E-state index contributed by atoms with van der Waals surface area (Å²) in [4.78, 5) is 26.5. The third-order valence-electron chi connectivity index (χ3n) is 5.40. The summed E-state index contributed by atoms with van der Waals surface area (Å²) < 4.78 is 13.8. The number of halogens is 1. The Labute approximate surface area is 154 Å². The van der Waals surface area contributed by atoms with Crippen molar-refractivity contribution >= 4 is 11.8 Å². The summed E-state index contributed by atoms with van der Waals surface area (Å²) in [5, 5.41) is 6.11. The van der Waals surface area contributed by atoms with Gasteiger partial charge in [-0.25, -0.2) is 4.39 Å². The highest BCUT2D eigenvalue weighted by Crippen LogP contribution is 2.22. The molecular formula is C20H28FN3O2. The smallest absolute Gasteiger partial charge is 0.240 e. The van der Waals surface area contributed by atoms with E-state index < -0.39 is 6.04 Å². The molecule has 0 bridgehead atoms. The van der Waals surface area contributed by atoms with Crippen LogP contribution in [-0.4, -0.2) is 42.4 Å². The van der Waals surface area contributed by atoms with Gasteiger partial charge < -0.3 is 15.5 Å². The number of nitrogens with one attached hydrogen (secondary N) is 2. The normalized spacial score (nSPS) is 21.7. The van der Waals surface area contributed by atoms with Gasteiger partial charge in [0.15, 0.2) is 0 Å². The van der Waals surface area contributed by atoms with E-state index in [1.807, 2.05) is 0 Å². The van der Waals surface area contributed by atoms with E-state index in [0.29, 0.717) is 31.1 Å². The third-order valence-corrected chi connectivity index (χ3v) is 5.40. The van der Waals surface area contributed by atoms with E-state index >= 15 is 0 Å². The summed E-state index contributed by atoms with van der Waals surface area (Å²) >= 11 is 0. The van der Waals surface area contributed by atoms with E-state index in [2.05, 4.69) is 10.6 Å². The number of nitrogens with zero attached hydrogens (tertiary/aromatic N) is 1. The van der Waals surface area contributed by atoms with Gasteiger partial charge in [-0.2, -0.15) is 0 Å². The Balaban J connectivity index is 1.49. The lowest BCUT2D eigenvalue weighted by Gasteiger charge is -2.33. The van der Waals surface area contributed by atoms with Crippen LogP contribution in [-0.2, 0) is 16.1 Å². The van der Waals surface area contributed by atoms with Crippen molar-refractivity contribution in [2.24, 2.45) is 5.92 Å². The van der Waals surface area contributed by atoms with Gasteiger partial charge in [0.25, 0.3) is 0 Å². The van der Waals surface area contributed by atoms with Crippen molar-refractivity contribution in [3.8, 4) is 0 Å². The van der Waals surface area contributed by atoms with E-state index in [0.717, 1.165) is 0 Å². The van der Waals surface area contributed by atoms with Crippen LogP contribution in [0.3, 0.4) is 0 Å². The largest absolute Gasteiger partial charge is 0.356 e. The number of hydrogen-bond donors (Lipinski definition) is 2. The summed E-state index contributed by atoms with van der Waals surface area (Å²) in [6.07, 6.45) is 6.28. The predicted molar refractivity (Wildman–Crippen MR) is 97.8 cm³/mol. The zero-order valence-electron chi connectivity index (χ0n) is 15.2. The number of rotatable bonds is 6. The Kier molecular flexibility index (Phi) is 6.61. The lowest BCUT2D eigenvalue weighted by Crippen LogP contribution is -2.56. The number of amides is 2. The van der Waals surface area contributed by atoms with E-state index in [1.165, 1.54) is 38.2 Å². The van der Waals surface area contributed by atoms with Gasteiger partial charge in [-0.1, -0.05) is 37.5 Å². The Hall–Kier alpha value is -1.95. The lowest BCUT2D eigenvalue weighted by atomic mass is 9.89. The molecule has 0 aromatic heterocycles. The number of piperazine rings is 1. The second kappa shape index (κ2) is 9.12. The molecule has 2 N–H and O–H groups in total. The van der Waals surface area contributed by atoms with Crippen LogP contribution in [0, 0.1) is 11.7 Å². The SMILES string of the molecule is O=C(CC1NCCN(Cc2ccccc2F)C1=O)NCC1CCCCC1. The molecule has 1 saturated carbocycles. The molecule has 1 aliphatic heterocycles. The van der Waals surface area contributed by atoms with Crippen LogP contribution in [0.5, 0.6) is 0 Å². The highest BCUT2D eigenvalue weighted by atomic mass is 19.1. The van der Waals surface area contributed by atoms with Crippen LogP contribution < -0.4 is 10.6 Å². The molecule has 5 nitrogen and oxygen atoms in total. The van der Waals surface area contributed by atoms with Gasteiger partial charge in [-0.05, 0) is 24.8 Å². The minimum Gasteiger partial charge on any atom is -0.356 e. The van der Waals surface area contributed by atoms with Crippen molar-refractivity contribution in [1.29, 1.82) is 0 Å². The van der Waals surface area contributed by atoms with Crippen LogP contribution in [0.1, 0.15) is 44.1 Å². The maximum absolute atomic E-state index is 13.8. The standard InChI is InChI=1S/C20H28FN3O2/c21-17-9-5-4-8-16(17)14-24-11-10-22-18(20(24)26)12-19(25)23-13-15-6-2-1-3-7-15/h4-5,8-9,15,18,22H,1-3,6-7,10-14H2,(H,23,25). The van der Waals surface area contributed by atoms with Crippen LogP contribution in [0.25, 0.3) is 0 Å². The van der Waals surface area contributed by atoms with Crippen molar-refractivity contribution in [2.75, 3.05) is 19.6 Å². The van der Waals surface area contributed by atoms with Gasteiger partial charge >= 0.3 is 0 Å². The average molecular weight is 361 g/mol. The van der Waals surface area contributed by atoms with Crippen LogP contribution >= 0.6 is 0 Å². The second-order valence-corrected chi connectivity index (χ2v) is 7.37. The minimum absolute atomic E-state index is 0.0887. The van der Waals surface area contributed by atoms with Crippen molar-refractivity contribution in [3.05, 3.63) is 35.6 Å². The van der Waals surface area contributed by atoms with E-state index in [4.69, 9.17) is 0 Å². The molecule has 1 saturated heterocycles. The first-order valence-electron chi connectivity index (χ1n) is 9.66. The molecule has 3 rings (SSSR count). The Morgan fingerprint density at radius 1 is 1.23 bits per heavy atom. The molecule has 26 heavy (non-hydrogen) atoms. The molecule has 1 aromatic rings. The Morgan fingerprint density at radius 3 is 2.77 bits per heavy atom. The van der Waals surface area contributed by atoms with E-state index in [-0.39, 0.29) is 30.6 Å². The quantitative estimate of drug-likeness (QED) is 0.817. The molecule has 1 heterocycles. The first kappa shape index (κ1) is 18.8. The topological polar surface area (TPSA) is 61.4 Å². The number of carbonyl (C=O) groups excluding carboxylic acids is 2. The van der Waals surface area contributed by atoms with Gasteiger partial charge in [-0.3, -0.25) is 9.59 Å². The summed E-state index contributed by atoms with van der Waals surface area (Å²) in [7, 11) is 0. The average Bonchev–Trinajstić information content (AvgIpc) is 2.66. The summed E-state index contributed by atoms with van der Waals surface area (Å²) in [6, 6.07) is 5.97. The maximum atomic E-state index is 13.8. The number of benzene rings is 1. The van der Waals surface area contributed by atoms with Crippen LogP contribution in [0.2, 0.25) is 0 Å². The van der Waals surface area contributed by atoms with Crippen molar-refractivity contribution in [2.45, 2.75) is 51.1 Å². The summed E-state index contributed by atoms with van der Waals surface area (Å²) in [6.45, 7) is 2.08. The van der Waals surface area contributed by atoms with Crippen LogP contribution in [0.4, 0.5) is 4.39 Å². The first-order chi connectivity index (χ1) is 12.6. The zero-order valence-corrected chi connectivity index (χ0v) is 15.2. The number of hydrogen-bond acceptors (Lipinski definition) is 3. The van der Waals surface area contributed by atoms with Crippen molar-refractivity contribution < 1.29 is 14.0 Å². The minimum atomic E-state index is -0.526. The second-order valence-electron chi connectivity index (χ2n) is 7.37. The fourth-order valence-corrected chi connectivity index (χ4v) is 3.85. The Bertz CT molecular complexity index is 631. The molecule has 2 amide bonds. The molecule has 2 fully saturated rings. The maximum Gasteiger partial charge on any atom is 0.240 e. The molecule has 0 radical (unpaired) electrons. The van der Waals surface area contributed by atoms with Gasteiger partial charge in [0.1, 0.15) is 5.82 Å². The van der Waals surface area contributed by atoms with Gasteiger partial charge in [0, 0.05) is 31.7 Å². The fraction of sp³-hybridized carbons (Fsp3) is 0.600. The van der Waals surface area contributed by atoms with Gasteiger partial charge in [-0.15, -0.1) is 0 Å². The van der Waals surface area contributed by atoms with Crippen LogP contribution in [0.15, 0.2) is 24.3 Å². The zero-order chi connectivity index (χ0) is 18.4. The van der Waals surface area contributed by atoms with E-state index in [1.54, 1.807) is 23.1 Å². The van der Waals surface area contributed by atoms with E-state index in [9.17, 15) is 14.0 Å². The molecule has 1 atom stereocenters. The number of carbonyl (C=O) groups is 2. The monoisotopic (exact) mass is 361 g/mol. The summed E-state index contributed by atoms with van der Waals surface area (Å²) in [5.41, 5.74) is 0.503. The molecular weight excluding hydrogens is 333 g/mol. The fourth-order valence-electron chi connectivity index (χ4n) is 3.85. The summed E-state index contributed by atoms with van der Waals surface area (Å²) in [5.74, 6) is 0.0439.